The smallest absolute Gasteiger partial charge is 0.288 e. The number of hydrazine groups is 1. The van der Waals surface area contributed by atoms with E-state index in [1.807, 2.05) is 12.1 Å². The SMILES string of the molecule is O=C(NNc1ncccc1Cl)c1ccc2cc[nH]c2n1. The second kappa shape index (κ2) is 5.18. The number of carbonyl (C=O) groups excluding carboxylic acids is 1. The van der Waals surface area contributed by atoms with Crippen molar-refractivity contribution in [3.05, 3.63) is 53.4 Å². The Kier molecular flexibility index (Phi) is 3.22. The number of nitrogens with one attached hydrogen (secondary N) is 3. The molecule has 3 rings (SSSR count). The minimum Gasteiger partial charge on any atom is -0.346 e. The Hall–Kier alpha value is -2.60. The first-order valence-electron chi connectivity index (χ1n) is 5.85. The number of halogens is 1. The first-order chi connectivity index (χ1) is 9.74. The number of nitrogens with zero attached hydrogens (tertiary/aromatic N) is 2. The van der Waals surface area contributed by atoms with Crippen LogP contribution in [0.5, 0.6) is 0 Å². The molecule has 3 aromatic rings. The molecular formula is C13H10ClN5O. The minimum atomic E-state index is -0.372. The van der Waals surface area contributed by atoms with Crippen molar-refractivity contribution < 1.29 is 4.79 Å². The molecule has 0 aliphatic carbocycles. The highest BCUT2D eigenvalue weighted by atomic mass is 35.5. The summed E-state index contributed by atoms with van der Waals surface area (Å²) in [6.07, 6.45) is 3.34. The van der Waals surface area contributed by atoms with Crippen LogP contribution in [0, 0.1) is 0 Å². The second-order valence-electron chi connectivity index (χ2n) is 4.02. The van der Waals surface area contributed by atoms with Gasteiger partial charge in [0, 0.05) is 17.8 Å². The molecule has 6 nitrogen and oxygen atoms in total. The lowest BCUT2D eigenvalue weighted by molar-refractivity contribution is 0.0958. The van der Waals surface area contributed by atoms with Crippen LogP contribution in [0.15, 0.2) is 42.7 Å². The maximum Gasteiger partial charge on any atom is 0.288 e. The second-order valence-corrected chi connectivity index (χ2v) is 4.43. The molecule has 0 aliphatic heterocycles. The molecule has 0 unspecified atom stereocenters. The Morgan fingerprint density at radius 2 is 2.15 bits per heavy atom. The molecule has 0 bridgehead atoms. The molecule has 0 saturated carbocycles. The van der Waals surface area contributed by atoms with Gasteiger partial charge in [-0.1, -0.05) is 11.6 Å². The van der Waals surface area contributed by atoms with Gasteiger partial charge in [0.1, 0.15) is 11.3 Å². The minimum absolute atomic E-state index is 0.291. The Morgan fingerprint density at radius 3 is 3.00 bits per heavy atom. The van der Waals surface area contributed by atoms with Gasteiger partial charge in [0.25, 0.3) is 5.91 Å². The molecule has 3 heterocycles. The fourth-order valence-electron chi connectivity index (χ4n) is 1.71. The van der Waals surface area contributed by atoms with Crippen LogP contribution in [-0.4, -0.2) is 20.9 Å². The van der Waals surface area contributed by atoms with Crippen molar-refractivity contribution in [2.45, 2.75) is 0 Å². The number of hydrogen-bond donors (Lipinski definition) is 3. The quantitative estimate of drug-likeness (QED) is 0.646. The largest absolute Gasteiger partial charge is 0.346 e. The Morgan fingerprint density at radius 1 is 1.25 bits per heavy atom. The van der Waals surface area contributed by atoms with E-state index in [2.05, 4.69) is 25.8 Å². The van der Waals surface area contributed by atoms with E-state index in [1.165, 1.54) is 0 Å². The summed E-state index contributed by atoms with van der Waals surface area (Å²) >= 11 is 5.92. The van der Waals surface area contributed by atoms with Gasteiger partial charge in [0.2, 0.25) is 0 Å². The van der Waals surface area contributed by atoms with Crippen LogP contribution in [0.4, 0.5) is 5.82 Å². The summed E-state index contributed by atoms with van der Waals surface area (Å²) < 4.78 is 0. The van der Waals surface area contributed by atoms with Gasteiger partial charge in [0.15, 0.2) is 5.82 Å². The molecule has 7 heteroatoms. The predicted octanol–water partition coefficient (Wildman–Crippen LogP) is 2.37. The van der Waals surface area contributed by atoms with Crippen LogP contribution in [0.1, 0.15) is 10.5 Å². The lowest BCUT2D eigenvalue weighted by atomic mass is 10.3. The van der Waals surface area contributed by atoms with Crippen molar-refractivity contribution in [2.75, 3.05) is 5.43 Å². The topological polar surface area (TPSA) is 82.7 Å². The molecule has 0 aliphatic rings. The first-order valence-corrected chi connectivity index (χ1v) is 6.23. The van der Waals surface area contributed by atoms with Crippen LogP contribution in [-0.2, 0) is 0 Å². The molecule has 0 aromatic carbocycles. The van der Waals surface area contributed by atoms with E-state index in [0.717, 1.165) is 5.39 Å². The zero-order valence-electron chi connectivity index (χ0n) is 10.2. The fraction of sp³-hybridized carbons (Fsp3) is 0. The number of amides is 1. The Bertz CT molecular complexity index is 770. The molecule has 0 saturated heterocycles. The summed E-state index contributed by atoms with van der Waals surface area (Å²) in [5, 5.41) is 1.36. The molecule has 1 amide bonds. The number of anilines is 1. The van der Waals surface area contributed by atoms with E-state index < -0.39 is 0 Å². The zero-order chi connectivity index (χ0) is 13.9. The third-order valence-electron chi connectivity index (χ3n) is 2.69. The monoisotopic (exact) mass is 287 g/mol. The molecule has 0 atom stereocenters. The summed E-state index contributed by atoms with van der Waals surface area (Å²) in [4.78, 5) is 23.1. The molecule has 0 radical (unpaired) electrons. The van der Waals surface area contributed by atoms with Crippen LogP contribution in [0.2, 0.25) is 5.02 Å². The Balaban J connectivity index is 1.74. The van der Waals surface area contributed by atoms with E-state index in [9.17, 15) is 4.79 Å². The molecule has 0 spiro atoms. The van der Waals surface area contributed by atoms with Crippen molar-refractivity contribution in [3.63, 3.8) is 0 Å². The molecular weight excluding hydrogens is 278 g/mol. The van der Waals surface area contributed by atoms with E-state index in [-0.39, 0.29) is 5.91 Å². The molecule has 0 fully saturated rings. The third kappa shape index (κ3) is 2.41. The average Bonchev–Trinajstić information content (AvgIpc) is 2.93. The highest BCUT2D eigenvalue weighted by molar-refractivity contribution is 6.32. The zero-order valence-corrected chi connectivity index (χ0v) is 11.0. The van der Waals surface area contributed by atoms with Crippen LogP contribution < -0.4 is 10.9 Å². The van der Waals surface area contributed by atoms with Crippen molar-refractivity contribution in [1.82, 2.24) is 20.4 Å². The highest BCUT2D eigenvalue weighted by Gasteiger charge is 2.09. The van der Waals surface area contributed by atoms with Crippen molar-refractivity contribution >= 4 is 34.4 Å². The van der Waals surface area contributed by atoms with Crippen LogP contribution in [0.3, 0.4) is 0 Å². The van der Waals surface area contributed by atoms with Crippen LogP contribution in [0.25, 0.3) is 11.0 Å². The number of aromatic amines is 1. The lowest BCUT2D eigenvalue weighted by Gasteiger charge is -2.08. The third-order valence-corrected chi connectivity index (χ3v) is 3.00. The number of H-pyrrole nitrogens is 1. The standard InChI is InChI=1S/C13H10ClN5O/c14-9-2-1-6-15-12(9)18-19-13(20)10-4-3-8-5-7-16-11(8)17-10/h1-7H,(H,15,18)(H,16,17)(H,19,20). The number of fused-ring (bicyclic) bond motifs is 1. The molecule has 3 N–H and O–H groups in total. The number of aromatic nitrogens is 3. The van der Waals surface area contributed by atoms with Crippen molar-refractivity contribution in [3.8, 4) is 0 Å². The van der Waals surface area contributed by atoms with Gasteiger partial charge in [-0.25, -0.2) is 9.97 Å². The number of carbonyl (C=O) groups is 1. The molecule has 20 heavy (non-hydrogen) atoms. The maximum absolute atomic E-state index is 12.0. The van der Waals surface area contributed by atoms with Gasteiger partial charge in [-0.15, -0.1) is 0 Å². The van der Waals surface area contributed by atoms with E-state index in [1.54, 1.807) is 30.6 Å². The summed E-state index contributed by atoms with van der Waals surface area (Å²) in [6, 6.07) is 8.73. The van der Waals surface area contributed by atoms with Gasteiger partial charge in [-0.05, 0) is 30.3 Å². The average molecular weight is 288 g/mol. The maximum atomic E-state index is 12.0. The Labute approximate surface area is 119 Å². The molecule has 100 valence electrons. The predicted molar refractivity (Wildman–Crippen MR) is 76.4 cm³/mol. The lowest BCUT2D eigenvalue weighted by Crippen LogP contribution is -2.30. The number of pyridine rings is 2. The summed E-state index contributed by atoms with van der Waals surface area (Å²) in [7, 11) is 0. The first kappa shape index (κ1) is 12.4. The number of rotatable bonds is 3. The van der Waals surface area contributed by atoms with Gasteiger partial charge in [-0.3, -0.25) is 15.6 Å². The van der Waals surface area contributed by atoms with Crippen LogP contribution >= 0.6 is 11.6 Å². The summed E-state index contributed by atoms with van der Waals surface area (Å²) in [5.41, 5.74) is 6.11. The number of hydrogen-bond acceptors (Lipinski definition) is 4. The van der Waals surface area contributed by atoms with Gasteiger partial charge in [0.05, 0.1) is 5.02 Å². The van der Waals surface area contributed by atoms with Crippen molar-refractivity contribution in [1.29, 1.82) is 0 Å². The van der Waals surface area contributed by atoms with Gasteiger partial charge >= 0.3 is 0 Å². The molecule has 3 aromatic heterocycles. The summed E-state index contributed by atoms with van der Waals surface area (Å²) in [5.74, 6) is 0.00619. The normalized spacial score (nSPS) is 10.4. The summed E-state index contributed by atoms with van der Waals surface area (Å²) in [6.45, 7) is 0. The van der Waals surface area contributed by atoms with E-state index in [4.69, 9.17) is 11.6 Å². The highest BCUT2D eigenvalue weighted by Crippen LogP contribution is 2.16. The van der Waals surface area contributed by atoms with E-state index >= 15 is 0 Å². The van der Waals surface area contributed by atoms with Gasteiger partial charge < -0.3 is 4.98 Å². The van der Waals surface area contributed by atoms with Crippen molar-refractivity contribution in [2.24, 2.45) is 0 Å². The van der Waals surface area contributed by atoms with E-state index in [0.29, 0.717) is 22.2 Å². The van der Waals surface area contributed by atoms with Gasteiger partial charge in [-0.2, -0.15) is 0 Å². The fourth-order valence-corrected chi connectivity index (χ4v) is 1.88.